The summed E-state index contributed by atoms with van der Waals surface area (Å²) in [5.41, 5.74) is 0.439. The van der Waals surface area contributed by atoms with Crippen molar-refractivity contribution < 1.29 is 9.18 Å². The number of halogens is 2. The smallest absolute Gasteiger partial charge is 0.252 e. The zero-order valence-corrected chi connectivity index (χ0v) is 11.7. The molecule has 5 heteroatoms. The fourth-order valence-electron chi connectivity index (χ4n) is 2.39. The van der Waals surface area contributed by atoms with Gasteiger partial charge in [-0.2, -0.15) is 0 Å². The van der Waals surface area contributed by atoms with Gasteiger partial charge < -0.3 is 5.32 Å². The van der Waals surface area contributed by atoms with Crippen LogP contribution in [0.4, 0.5) is 4.39 Å². The second-order valence-corrected chi connectivity index (χ2v) is 5.48. The van der Waals surface area contributed by atoms with Crippen LogP contribution in [-0.2, 0) is 0 Å². The minimum absolute atomic E-state index is 0.163. The second-order valence-electron chi connectivity index (χ2n) is 4.92. The van der Waals surface area contributed by atoms with Gasteiger partial charge in [0.2, 0.25) is 0 Å². The number of carbonyl (C=O) groups is 1. The molecular weight excluding hydrogens is 299 g/mol. The van der Waals surface area contributed by atoms with Crippen molar-refractivity contribution in [1.82, 2.24) is 10.3 Å². The van der Waals surface area contributed by atoms with Gasteiger partial charge in [-0.15, -0.1) is 0 Å². The van der Waals surface area contributed by atoms with E-state index < -0.39 is 5.82 Å². The Labute approximate surface area is 114 Å². The number of rotatable bonds is 4. The molecule has 0 atom stereocenters. The predicted molar refractivity (Wildman–Crippen MR) is 71.2 cm³/mol. The lowest BCUT2D eigenvalue weighted by atomic mass is 9.89. The first kappa shape index (κ1) is 13.5. The van der Waals surface area contributed by atoms with E-state index >= 15 is 0 Å². The van der Waals surface area contributed by atoms with E-state index in [0.29, 0.717) is 6.54 Å². The standard InChI is InChI=1S/C13H16BrFN2O/c14-8-13(3-1-2-4-13)9-17-12(18)10-5-11(15)7-16-6-10/h5-7H,1-4,8-9H2,(H,17,18). The van der Waals surface area contributed by atoms with Gasteiger partial charge in [-0.3, -0.25) is 9.78 Å². The highest BCUT2D eigenvalue weighted by atomic mass is 79.9. The molecule has 2 rings (SSSR count). The maximum absolute atomic E-state index is 13.0. The van der Waals surface area contributed by atoms with Crippen molar-refractivity contribution in [2.45, 2.75) is 25.7 Å². The summed E-state index contributed by atoms with van der Waals surface area (Å²) in [4.78, 5) is 15.6. The molecule has 0 spiro atoms. The molecule has 0 bridgehead atoms. The fourth-order valence-corrected chi connectivity index (χ4v) is 3.15. The van der Waals surface area contributed by atoms with Crippen LogP contribution in [-0.4, -0.2) is 22.8 Å². The van der Waals surface area contributed by atoms with Crippen LogP contribution in [0.3, 0.4) is 0 Å². The minimum Gasteiger partial charge on any atom is -0.351 e. The lowest BCUT2D eigenvalue weighted by molar-refractivity contribution is 0.0934. The molecule has 18 heavy (non-hydrogen) atoms. The lowest BCUT2D eigenvalue weighted by Gasteiger charge is -2.26. The first-order valence-electron chi connectivity index (χ1n) is 6.10. The Kier molecular flexibility index (Phi) is 4.32. The summed E-state index contributed by atoms with van der Waals surface area (Å²) in [6, 6.07) is 1.21. The van der Waals surface area contributed by atoms with Gasteiger partial charge in [0.15, 0.2) is 0 Å². The topological polar surface area (TPSA) is 42.0 Å². The van der Waals surface area contributed by atoms with Crippen LogP contribution in [0.1, 0.15) is 36.0 Å². The third-order valence-electron chi connectivity index (χ3n) is 3.54. The summed E-state index contributed by atoms with van der Waals surface area (Å²) in [7, 11) is 0. The van der Waals surface area contributed by atoms with Crippen molar-refractivity contribution in [2.75, 3.05) is 11.9 Å². The van der Waals surface area contributed by atoms with Crippen LogP contribution in [0.5, 0.6) is 0 Å². The highest BCUT2D eigenvalue weighted by Crippen LogP contribution is 2.38. The van der Waals surface area contributed by atoms with Crippen molar-refractivity contribution >= 4 is 21.8 Å². The van der Waals surface area contributed by atoms with Crippen molar-refractivity contribution in [3.63, 3.8) is 0 Å². The zero-order chi connectivity index (χ0) is 13.0. The van der Waals surface area contributed by atoms with Gasteiger partial charge in [0.1, 0.15) is 5.82 Å². The van der Waals surface area contributed by atoms with E-state index in [4.69, 9.17) is 0 Å². The number of carbonyl (C=O) groups excluding carboxylic acids is 1. The summed E-state index contributed by atoms with van der Waals surface area (Å²) >= 11 is 3.53. The molecule has 0 saturated heterocycles. The summed E-state index contributed by atoms with van der Waals surface area (Å²) in [6.07, 6.45) is 7.15. The van der Waals surface area contributed by atoms with Crippen molar-refractivity contribution in [1.29, 1.82) is 0 Å². The Hall–Kier alpha value is -0.970. The van der Waals surface area contributed by atoms with Crippen LogP contribution < -0.4 is 5.32 Å². The molecule has 0 aromatic carbocycles. The molecule has 1 aromatic rings. The molecule has 1 saturated carbocycles. The van der Waals surface area contributed by atoms with E-state index in [0.717, 1.165) is 24.4 Å². The van der Waals surface area contributed by atoms with Crippen LogP contribution in [0.25, 0.3) is 0 Å². The van der Waals surface area contributed by atoms with Gasteiger partial charge in [0, 0.05) is 18.1 Å². The molecule has 1 fully saturated rings. The zero-order valence-electron chi connectivity index (χ0n) is 10.1. The first-order valence-corrected chi connectivity index (χ1v) is 7.22. The Morgan fingerprint density at radius 3 is 2.78 bits per heavy atom. The van der Waals surface area contributed by atoms with Gasteiger partial charge in [-0.1, -0.05) is 28.8 Å². The molecule has 0 radical (unpaired) electrons. The van der Waals surface area contributed by atoms with Crippen LogP contribution in [0, 0.1) is 11.2 Å². The van der Waals surface area contributed by atoms with Gasteiger partial charge in [0.05, 0.1) is 11.8 Å². The third kappa shape index (κ3) is 3.07. The van der Waals surface area contributed by atoms with E-state index in [1.165, 1.54) is 25.1 Å². The van der Waals surface area contributed by atoms with Crippen molar-refractivity contribution in [2.24, 2.45) is 5.41 Å². The number of aromatic nitrogens is 1. The Morgan fingerprint density at radius 2 is 2.17 bits per heavy atom. The maximum atomic E-state index is 13.0. The molecule has 1 aromatic heterocycles. The molecule has 98 valence electrons. The minimum atomic E-state index is -0.487. The SMILES string of the molecule is O=C(NCC1(CBr)CCCC1)c1cncc(F)c1. The first-order chi connectivity index (χ1) is 8.65. The molecule has 1 aliphatic carbocycles. The van der Waals surface area contributed by atoms with Gasteiger partial charge >= 0.3 is 0 Å². The molecule has 3 nitrogen and oxygen atoms in total. The number of hydrogen-bond donors (Lipinski definition) is 1. The number of alkyl halides is 1. The number of nitrogens with zero attached hydrogens (tertiary/aromatic N) is 1. The maximum Gasteiger partial charge on any atom is 0.252 e. The van der Waals surface area contributed by atoms with E-state index in [2.05, 4.69) is 26.2 Å². The number of nitrogens with one attached hydrogen (secondary N) is 1. The number of pyridine rings is 1. The molecule has 1 N–H and O–H groups in total. The highest BCUT2D eigenvalue weighted by molar-refractivity contribution is 9.09. The quantitative estimate of drug-likeness (QED) is 0.868. The summed E-state index contributed by atoms with van der Waals surface area (Å²) in [6.45, 7) is 0.633. The van der Waals surface area contributed by atoms with Crippen LogP contribution >= 0.6 is 15.9 Å². The average Bonchev–Trinajstić information content (AvgIpc) is 2.85. The number of amides is 1. The third-order valence-corrected chi connectivity index (χ3v) is 4.73. The Morgan fingerprint density at radius 1 is 1.44 bits per heavy atom. The second kappa shape index (κ2) is 5.78. The Balaban J connectivity index is 1.96. The molecule has 0 unspecified atom stereocenters. The summed E-state index contributed by atoms with van der Waals surface area (Å²) in [5.74, 6) is -0.743. The molecule has 1 amide bonds. The summed E-state index contributed by atoms with van der Waals surface area (Å²) < 4.78 is 13.0. The normalized spacial score (nSPS) is 17.7. The Bertz CT molecular complexity index is 433. The lowest BCUT2D eigenvalue weighted by Crippen LogP contribution is -2.37. The van der Waals surface area contributed by atoms with Gasteiger partial charge in [0.25, 0.3) is 5.91 Å². The van der Waals surface area contributed by atoms with Gasteiger partial charge in [-0.25, -0.2) is 4.39 Å². The van der Waals surface area contributed by atoms with Gasteiger partial charge in [-0.05, 0) is 24.3 Å². The molecule has 0 aliphatic heterocycles. The largest absolute Gasteiger partial charge is 0.351 e. The van der Waals surface area contributed by atoms with Crippen molar-refractivity contribution in [3.05, 3.63) is 29.8 Å². The highest BCUT2D eigenvalue weighted by Gasteiger charge is 2.33. The number of hydrogen-bond acceptors (Lipinski definition) is 2. The molecule has 1 heterocycles. The van der Waals surface area contributed by atoms with Crippen LogP contribution in [0.2, 0.25) is 0 Å². The van der Waals surface area contributed by atoms with Crippen LogP contribution in [0.15, 0.2) is 18.5 Å². The molecule has 1 aliphatic rings. The fraction of sp³-hybridized carbons (Fsp3) is 0.538. The average molecular weight is 315 g/mol. The van der Waals surface area contributed by atoms with E-state index in [1.807, 2.05) is 0 Å². The summed E-state index contributed by atoms with van der Waals surface area (Å²) in [5, 5.41) is 3.77. The van der Waals surface area contributed by atoms with E-state index in [-0.39, 0.29) is 16.9 Å². The predicted octanol–water partition coefficient (Wildman–Crippen LogP) is 2.91. The van der Waals surface area contributed by atoms with E-state index in [9.17, 15) is 9.18 Å². The molecular formula is C13H16BrFN2O. The monoisotopic (exact) mass is 314 g/mol. The van der Waals surface area contributed by atoms with E-state index in [1.54, 1.807) is 0 Å². The van der Waals surface area contributed by atoms with Crippen molar-refractivity contribution in [3.8, 4) is 0 Å².